The molecule has 2 rings (SSSR count). The highest BCUT2D eigenvalue weighted by molar-refractivity contribution is 7.03. The quantitative estimate of drug-likeness (QED) is 0.865. The molecule has 4 nitrogen and oxygen atoms in total. The second-order valence-corrected chi connectivity index (χ2v) is 4.16. The summed E-state index contributed by atoms with van der Waals surface area (Å²) in [6.45, 7) is 2.14. The summed E-state index contributed by atoms with van der Waals surface area (Å²) in [5.74, 6) is 0.762. The third-order valence-corrected chi connectivity index (χ3v) is 2.99. The van der Waals surface area contributed by atoms with Crippen molar-refractivity contribution < 1.29 is 0 Å². The predicted molar refractivity (Wildman–Crippen MR) is 62.7 cm³/mol. The molecular weight excluding hydrogens is 208 g/mol. The van der Waals surface area contributed by atoms with E-state index in [1.807, 2.05) is 18.6 Å². The van der Waals surface area contributed by atoms with E-state index in [1.165, 1.54) is 11.5 Å². The van der Waals surface area contributed by atoms with E-state index in [4.69, 9.17) is 5.73 Å². The molecule has 0 bridgehead atoms. The van der Waals surface area contributed by atoms with Crippen LogP contribution in [0.1, 0.15) is 18.9 Å². The van der Waals surface area contributed by atoms with Gasteiger partial charge in [-0.05, 0) is 18.0 Å². The Bertz CT molecular complexity index is 444. The number of anilines is 1. The smallest absolute Gasteiger partial charge is 0.125 e. The van der Waals surface area contributed by atoms with E-state index in [1.54, 1.807) is 4.68 Å². The summed E-state index contributed by atoms with van der Waals surface area (Å²) in [6.07, 6.45) is 3.87. The third kappa shape index (κ3) is 1.74. The van der Waals surface area contributed by atoms with Gasteiger partial charge in [-0.3, -0.25) is 4.68 Å². The van der Waals surface area contributed by atoms with E-state index < -0.39 is 0 Å². The second-order valence-electron chi connectivity index (χ2n) is 3.50. The van der Waals surface area contributed by atoms with E-state index in [0.717, 1.165) is 35.5 Å². The van der Waals surface area contributed by atoms with Crippen LogP contribution in [-0.2, 0) is 13.5 Å². The van der Waals surface area contributed by atoms with E-state index in [9.17, 15) is 0 Å². The average Bonchev–Trinajstić information content (AvgIpc) is 2.81. The van der Waals surface area contributed by atoms with Gasteiger partial charge in [0.15, 0.2) is 0 Å². The molecule has 15 heavy (non-hydrogen) atoms. The first kappa shape index (κ1) is 10.2. The van der Waals surface area contributed by atoms with Crippen molar-refractivity contribution in [3.8, 4) is 11.3 Å². The van der Waals surface area contributed by atoms with Gasteiger partial charge in [0.25, 0.3) is 0 Å². The van der Waals surface area contributed by atoms with Gasteiger partial charge < -0.3 is 5.73 Å². The van der Waals surface area contributed by atoms with Crippen molar-refractivity contribution in [3.05, 3.63) is 17.1 Å². The summed E-state index contributed by atoms with van der Waals surface area (Å²) in [5, 5.41) is 6.43. The zero-order valence-corrected chi connectivity index (χ0v) is 9.71. The molecule has 2 heterocycles. The van der Waals surface area contributed by atoms with E-state index in [-0.39, 0.29) is 0 Å². The number of rotatable bonds is 3. The van der Waals surface area contributed by atoms with Crippen LogP contribution >= 0.6 is 11.5 Å². The van der Waals surface area contributed by atoms with Crippen molar-refractivity contribution in [1.29, 1.82) is 0 Å². The fourth-order valence-electron chi connectivity index (χ4n) is 1.63. The van der Waals surface area contributed by atoms with Crippen molar-refractivity contribution in [2.24, 2.45) is 7.05 Å². The second kappa shape index (κ2) is 4.02. The minimum absolute atomic E-state index is 0.762. The molecule has 2 N–H and O–H groups in total. The Kier molecular flexibility index (Phi) is 2.73. The molecule has 80 valence electrons. The van der Waals surface area contributed by atoms with Gasteiger partial charge in [-0.1, -0.05) is 13.3 Å². The SMILES string of the molecule is CCCc1c(-c2cnsc2)nn(C)c1N. The number of nitrogens with two attached hydrogens (primary N) is 1. The highest BCUT2D eigenvalue weighted by Crippen LogP contribution is 2.28. The molecule has 0 unspecified atom stereocenters. The Morgan fingerprint density at radius 2 is 2.33 bits per heavy atom. The number of aromatic nitrogens is 3. The molecule has 0 radical (unpaired) electrons. The molecule has 0 aliphatic heterocycles. The molecule has 0 saturated heterocycles. The molecule has 0 aliphatic rings. The van der Waals surface area contributed by atoms with Gasteiger partial charge >= 0.3 is 0 Å². The van der Waals surface area contributed by atoms with E-state index in [0.29, 0.717) is 0 Å². The first-order valence-electron chi connectivity index (χ1n) is 4.95. The Morgan fingerprint density at radius 1 is 1.53 bits per heavy atom. The van der Waals surface area contributed by atoms with Crippen LogP contribution in [-0.4, -0.2) is 14.2 Å². The molecular formula is C10H14N4S. The van der Waals surface area contributed by atoms with Crippen molar-refractivity contribution in [3.63, 3.8) is 0 Å². The summed E-state index contributed by atoms with van der Waals surface area (Å²) in [4.78, 5) is 0. The van der Waals surface area contributed by atoms with Gasteiger partial charge in [0.2, 0.25) is 0 Å². The van der Waals surface area contributed by atoms with Crippen LogP contribution < -0.4 is 5.73 Å². The first-order valence-corrected chi connectivity index (χ1v) is 5.78. The van der Waals surface area contributed by atoms with E-state index >= 15 is 0 Å². The maximum atomic E-state index is 5.98. The zero-order chi connectivity index (χ0) is 10.8. The maximum Gasteiger partial charge on any atom is 0.125 e. The van der Waals surface area contributed by atoms with Crippen LogP contribution in [0.25, 0.3) is 11.3 Å². The number of hydrogen-bond donors (Lipinski definition) is 1. The topological polar surface area (TPSA) is 56.7 Å². The normalized spacial score (nSPS) is 10.8. The van der Waals surface area contributed by atoms with Gasteiger partial charge in [-0.2, -0.15) is 5.10 Å². The van der Waals surface area contributed by atoms with Gasteiger partial charge in [-0.25, -0.2) is 4.37 Å². The maximum absolute atomic E-state index is 5.98. The van der Waals surface area contributed by atoms with Crippen LogP contribution in [0.5, 0.6) is 0 Å². The fraction of sp³-hybridized carbons (Fsp3) is 0.400. The minimum Gasteiger partial charge on any atom is -0.384 e. The summed E-state index contributed by atoms with van der Waals surface area (Å²) in [6, 6.07) is 0. The van der Waals surface area contributed by atoms with Gasteiger partial charge in [0.05, 0.1) is 6.20 Å². The van der Waals surface area contributed by atoms with Crippen LogP contribution in [0.4, 0.5) is 5.82 Å². The number of nitrogen functional groups attached to an aromatic ring is 1. The summed E-state index contributed by atoms with van der Waals surface area (Å²) < 4.78 is 5.82. The molecule has 0 fully saturated rings. The monoisotopic (exact) mass is 222 g/mol. The predicted octanol–water partition coefficient (Wildman–Crippen LogP) is 2.08. The number of aryl methyl sites for hydroxylation is 1. The lowest BCUT2D eigenvalue weighted by atomic mass is 10.1. The Balaban J connectivity index is 2.51. The third-order valence-electron chi connectivity index (χ3n) is 2.40. The minimum atomic E-state index is 0.762. The summed E-state index contributed by atoms with van der Waals surface area (Å²) >= 11 is 1.44. The van der Waals surface area contributed by atoms with Crippen molar-refractivity contribution in [1.82, 2.24) is 14.2 Å². The molecule has 0 aliphatic carbocycles. The zero-order valence-electron chi connectivity index (χ0n) is 8.90. The average molecular weight is 222 g/mol. The summed E-state index contributed by atoms with van der Waals surface area (Å²) in [5.41, 5.74) is 9.16. The molecule has 2 aromatic heterocycles. The van der Waals surface area contributed by atoms with Gasteiger partial charge in [-0.15, -0.1) is 0 Å². The Hall–Kier alpha value is -1.36. The molecule has 0 aromatic carbocycles. The largest absolute Gasteiger partial charge is 0.384 e. The standard InChI is InChI=1S/C10H14N4S/c1-3-4-8-9(7-5-12-15-6-7)13-14(2)10(8)11/h5-6H,3-4,11H2,1-2H3. The van der Waals surface area contributed by atoms with Crippen LogP contribution in [0.2, 0.25) is 0 Å². The molecule has 0 amide bonds. The lowest BCUT2D eigenvalue weighted by Gasteiger charge is -1.99. The van der Waals surface area contributed by atoms with Crippen LogP contribution in [0, 0.1) is 0 Å². The van der Waals surface area contributed by atoms with E-state index in [2.05, 4.69) is 16.4 Å². The van der Waals surface area contributed by atoms with Gasteiger partial charge in [0, 0.05) is 23.6 Å². The molecule has 0 saturated carbocycles. The fourth-order valence-corrected chi connectivity index (χ4v) is 2.15. The molecule has 0 atom stereocenters. The first-order chi connectivity index (χ1) is 7.24. The van der Waals surface area contributed by atoms with Gasteiger partial charge in [0.1, 0.15) is 11.5 Å². The Morgan fingerprint density at radius 3 is 2.93 bits per heavy atom. The molecule has 0 spiro atoms. The number of hydrogen-bond acceptors (Lipinski definition) is 4. The highest BCUT2D eigenvalue weighted by atomic mass is 32.1. The Labute approximate surface area is 92.9 Å². The number of nitrogens with zero attached hydrogens (tertiary/aromatic N) is 3. The van der Waals surface area contributed by atoms with Crippen molar-refractivity contribution in [2.45, 2.75) is 19.8 Å². The van der Waals surface area contributed by atoms with Crippen LogP contribution in [0.15, 0.2) is 11.6 Å². The molecule has 2 aromatic rings. The molecule has 5 heteroatoms. The van der Waals surface area contributed by atoms with Crippen molar-refractivity contribution >= 4 is 17.4 Å². The lowest BCUT2D eigenvalue weighted by molar-refractivity contribution is 0.781. The van der Waals surface area contributed by atoms with Crippen LogP contribution in [0.3, 0.4) is 0 Å². The summed E-state index contributed by atoms with van der Waals surface area (Å²) in [7, 11) is 1.87. The highest BCUT2D eigenvalue weighted by Gasteiger charge is 2.14. The lowest BCUT2D eigenvalue weighted by Crippen LogP contribution is -1.99. The van der Waals surface area contributed by atoms with Crippen molar-refractivity contribution in [2.75, 3.05) is 5.73 Å².